The molecule has 0 aromatic carbocycles. The Hall–Kier alpha value is -0.520. The molecule has 0 heterocycles. The topological polar surface area (TPSA) is 0 Å². The van der Waals surface area contributed by atoms with Gasteiger partial charge in [-0.2, -0.15) is 0 Å². The summed E-state index contributed by atoms with van der Waals surface area (Å²) in [4.78, 5) is 0. The molecule has 0 bridgehead atoms. The highest BCUT2D eigenvalue weighted by molar-refractivity contribution is 4.88. The molecule has 15 heavy (non-hydrogen) atoms. The van der Waals surface area contributed by atoms with Gasteiger partial charge < -0.3 is 0 Å². The van der Waals surface area contributed by atoms with Gasteiger partial charge in [0, 0.05) is 0 Å². The van der Waals surface area contributed by atoms with Crippen molar-refractivity contribution < 1.29 is 0 Å². The predicted octanol–water partition coefficient (Wildman–Crippen LogP) is 5.51. The highest BCUT2D eigenvalue weighted by Crippen LogP contribution is 2.15. The Labute approximate surface area is 96.5 Å². The maximum atomic E-state index is 2.38. The lowest BCUT2D eigenvalue weighted by Crippen LogP contribution is -1.94. The van der Waals surface area contributed by atoms with Crippen molar-refractivity contribution in [2.24, 2.45) is 5.92 Å². The summed E-state index contributed by atoms with van der Waals surface area (Å²) in [6, 6.07) is 0. The zero-order valence-corrected chi connectivity index (χ0v) is 10.8. The molecule has 0 spiro atoms. The van der Waals surface area contributed by atoms with E-state index in [-0.39, 0.29) is 0 Å². The van der Waals surface area contributed by atoms with Gasteiger partial charge in [-0.25, -0.2) is 0 Å². The van der Waals surface area contributed by atoms with Gasteiger partial charge in [-0.3, -0.25) is 0 Å². The lowest BCUT2D eigenvalue weighted by molar-refractivity contribution is 0.523. The third kappa shape index (κ3) is 9.78. The average molecular weight is 208 g/mol. The lowest BCUT2D eigenvalue weighted by atomic mass is 9.97. The summed E-state index contributed by atoms with van der Waals surface area (Å²) in [7, 11) is 0. The molecule has 0 radical (unpaired) electrons. The van der Waals surface area contributed by atoms with Crippen LogP contribution < -0.4 is 0 Å². The van der Waals surface area contributed by atoms with Crippen molar-refractivity contribution in [1.29, 1.82) is 0 Å². The van der Waals surface area contributed by atoms with Crippen LogP contribution in [0, 0.1) is 5.92 Å². The highest BCUT2D eigenvalue weighted by Gasteiger charge is 2.00. The first-order valence-corrected chi connectivity index (χ1v) is 6.65. The number of hydrogen-bond donors (Lipinski definition) is 0. The maximum Gasteiger partial charge on any atom is -0.0319 e. The van der Waals surface area contributed by atoms with E-state index in [0.717, 1.165) is 5.92 Å². The van der Waals surface area contributed by atoms with Crippen LogP contribution in [-0.4, -0.2) is 0 Å². The van der Waals surface area contributed by atoms with Gasteiger partial charge in [-0.1, -0.05) is 64.3 Å². The number of allylic oxidation sites excluding steroid dienone is 4. The van der Waals surface area contributed by atoms with Crippen LogP contribution in [0.5, 0.6) is 0 Å². The van der Waals surface area contributed by atoms with Crippen molar-refractivity contribution in [1.82, 2.24) is 0 Å². The van der Waals surface area contributed by atoms with E-state index in [0.29, 0.717) is 0 Å². The molecule has 0 rings (SSSR count). The Bertz CT molecular complexity index is 165. The average Bonchev–Trinajstić information content (AvgIpc) is 2.26. The normalized spacial score (nSPS) is 14.1. The molecule has 0 aliphatic heterocycles. The van der Waals surface area contributed by atoms with E-state index in [1.54, 1.807) is 0 Å². The molecule has 1 unspecified atom stereocenters. The Morgan fingerprint density at radius 1 is 0.867 bits per heavy atom. The van der Waals surface area contributed by atoms with E-state index in [1.165, 1.54) is 44.9 Å². The molecule has 0 N–H and O–H groups in total. The van der Waals surface area contributed by atoms with E-state index >= 15 is 0 Å². The van der Waals surface area contributed by atoms with Crippen molar-refractivity contribution in [2.45, 2.75) is 65.7 Å². The van der Waals surface area contributed by atoms with Crippen LogP contribution in [0.3, 0.4) is 0 Å². The fourth-order valence-electron chi connectivity index (χ4n) is 1.61. The molecule has 0 aromatic rings. The van der Waals surface area contributed by atoms with E-state index in [2.05, 4.69) is 45.1 Å². The van der Waals surface area contributed by atoms with Gasteiger partial charge in [0.15, 0.2) is 0 Å². The van der Waals surface area contributed by atoms with E-state index in [1.807, 2.05) is 0 Å². The minimum atomic E-state index is 0.852. The molecule has 0 aliphatic carbocycles. The van der Waals surface area contributed by atoms with E-state index < -0.39 is 0 Å². The lowest BCUT2D eigenvalue weighted by Gasteiger charge is -2.08. The maximum absolute atomic E-state index is 2.38. The monoisotopic (exact) mass is 208 g/mol. The Kier molecular flexibility index (Phi) is 11.2. The van der Waals surface area contributed by atoms with Gasteiger partial charge in [0.2, 0.25) is 0 Å². The minimum absolute atomic E-state index is 0.852. The van der Waals surface area contributed by atoms with Crippen molar-refractivity contribution in [2.75, 3.05) is 0 Å². The summed E-state index contributed by atoms with van der Waals surface area (Å²) in [5.74, 6) is 0.852. The smallest absolute Gasteiger partial charge is 0.0319 e. The van der Waals surface area contributed by atoms with Crippen molar-refractivity contribution in [3.8, 4) is 0 Å². The first-order valence-electron chi connectivity index (χ1n) is 6.65. The molecule has 88 valence electrons. The van der Waals surface area contributed by atoms with Crippen molar-refractivity contribution >= 4 is 0 Å². The Balaban J connectivity index is 3.60. The molecule has 0 aromatic heterocycles. The summed E-state index contributed by atoms with van der Waals surface area (Å²) in [5.41, 5.74) is 0. The van der Waals surface area contributed by atoms with E-state index in [4.69, 9.17) is 0 Å². The van der Waals surface area contributed by atoms with Gasteiger partial charge in [-0.15, -0.1) is 0 Å². The van der Waals surface area contributed by atoms with Crippen molar-refractivity contribution in [3.05, 3.63) is 24.3 Å². The van der Waals surface area contributed by atoms with Crippen LogP contribution in [-0.2, 0) is 0 Å². The molecule has 0 saturated carbocycles. The second-order valence-corrected chi connectivity index (χ2v) is 4.24. The second-order valence-electron chi connectivity index (χ2n) is 4.24. The van der Waals surface area contributed by atoms with Crippen LogP contribution in [0.2, 0.25) is 0 Å². The molecule has 0 aliphatic rings. The molecular weight excluding hydrogens is 180 g/mol. The summed E-state index contributed by atoms with van der Waals surface area (Å²) in [6.45, 7) is 6.74. The number of hydrogen-bond acceptors (Lipinski definition) is 0. The molecule has 1 atom stereocenters. The molecule has 0 fully saturated rings. The zero-order valence-electron chi connectivity index (χ0n) is 10.8. The molecular formula is C15H28. The van der Waals surface area contributed by atoms with Gasteiger partial charge in [0.05, 0.1) is 0 Å². The second kappa shape index (κ2) is 11.6. The van der Waals surface area contributed by atoms with Crippen LogP contribution >= 0.6 is 0 Å². The van der Waals surface area contributed by atoms with E-state index in [9.17, 15) is 0 Å². The van der Waals surface area contributed by atoms with Gasteiger partial charge in [0.1, 0.15) is 0 Å². The zero-order chi connectivity index (χ0) is 11.4. The predicted molar refractivity (Wildman–Crippen MR) is 71.1 cm³/mol. The fourth-order valence-corrected chi connectivity index (χ4v) is 1.61. The molecule has 0 amide bonds. The molecule has 0 nitrogen and oxygen atoms in total. The first-order chi connectivity index (χ1) is 7.35. The summed E-state index contributed by atoms with van der Waals surface area (Å²) < 4.78 is 0. The van der Waals surface area contributed by atoms with Crippen LogP contribution in [0.15, 0.2) is 24.3 Å². The fraction of sp³-hybridized carbons (Fsp3) is 0.733. The first kappa shape index (κ1) is 14.5. The van der Waals surface area contributed by atoms with Gasteiger partial charge in [-0.05, 0) is 31.6 Å². The summed E-state index contributed by atoms with van der Waals surface area (Å²) >= 11 is 0. The number of rotatable bonds is 9. The third-order valence-electron chi connectivity index (χ3n) is 2.81. The van der Waals surface area contributed by atoms with Crippen LogP contribution in [0.4, 0.5) is 0 Å². The summed E-state index contributed by atoms with van der Waals surface area (Å²) in [6.07, 6.45) is 18.2. The SMILES string of the molecule is CC/C=C/CC(CC)C/C=C/CCCC. The quantitative estimate of drug-likeness (QED) is 0.346. The molecule has 0 heteroatoms. The standard InChI is InChI=1S/C15H28/c1-4-7-9-10-12-14-15(6-3)13-11-8-5-2/h8,10-12,15H,4-7,9,13-14H2,1-3H3/b11-8+,12-10+. The van der Waals surface area contributed by atoms with Crippen LogP contribution in [0.1, 0.15) is 65.7 Å². The Morgan fingerprint density at radius 2 is 1.53 bits per heavy atom. The summed E-state index contributed by atoms with van der Waals surface area (Å²) in [5, 5.41) is 0. The van der Waals surface area contributed by atoms with Gasteiger partial charge >= 0.3 is 0 Å². The third-order valence-corrected chi connectivity index (χ3v) is 2.81. The minimum Gasteiger partial charge on any atom is -0.0888 e. The van der Waals surface area contributed by atoms with Crippen LogP contribution in [0.25, 0.3) is 0 Å². The largest absolute Gasteiger partial charge is 0.0888 e. The highest BCUT2D eigenvalue weighted by atomic mass is 14.1. The van der Waals surface area contributed by atoms with Crippen molar-refractivity contribution in [3.63, 3.8) is 0 Å². The van der Waals surface area contributed by atoms with Gasteiger partial charge in [0.25, 0.3) is 0 Å². The molecule has 0 saturated heterocycles. The Morgan fingerprint density at radius 3 is 2.07 bits per heavy atom. The number of unbranched alkanes of at least 4 members (excludes halogenated alkanes) is 2.